The van der Waals surface area contributed by atoms with Gasteiger partial charge in [0.05, 0.1) is 10.7 Å². The summed E-state index contributed by atoms with van der Waals surface area (Å²) < 4.78 is 9.99. The van der Waals surface area contributed by atoms with Crippen molar-refractivity contribution in [2.45, 2.75) is 26.6 Å². The second-order valence-corrected chi connectivity index (χ2v) is 7.28. The second-order valence-electron chi connectivity index (χ2n) is 5.96. The topological polar surface area (TPSA) is 74.0 Å². The predicted octanol–water partition coefficient (Wildman–Crippen LogP) is 3.66. The van der Waals surface area contributed by atoms with Gasteiger partial charge in [-0.25, -0.2) is 4.68 Å². The summed E-state index contributed by atoms with van der Waals surface area (Å²) in [5.41, 5.74) is 1.30. The van der Waals surface area contributed by atoms with Crippen molar-refractivity contribution in [2.75, 3.05) is 6.54 Å². The van der Waals surface area contributed by atoms with Gasteiger partial charge in [-0.2, -0.15) is 10.2 Å². The van der Waals surface area contributed by atoms with Crippen LogP contribution in [0, 0.1) is 6.92 Å². The van der Waals surface area contributed by atoms with Crippen molar-refractivity contribution in [1.29, 1.82) is 0 Å². The van der Waals surface area contributed by atoms with Gasteiger partial charge in [0.1, 0.15) is 11.4 Å². The van der Waals surface area contributed by atoms with Gasteiger partial charge >= 0.3 is 0 Å². The zero-order valence-electron chi connectivity index (χ0n) is 14.7. The Morgan fingerprint density at radius 1 is 1.33 bits per heavy atom. The molecule has 0 saturated carbocycles. The Bertz CT molecular complexity index is 924. The summed E-state index contributed by atoms with van der Waals surface area (Å²) in [6.45, 7) is 3.40. The summed E-state index contributed by atoms with van der Waals surface area (Å²) in [6, 6.07) is 7.11. The van der Waals surface area contributed by atoms with Crippen LogP contribution in [0.25, 0.3) is 0 Å². The molecule has 0 aliphatic rings. The molecule has 3 aromatic rings. The van der Waals surface area contributed by atoms with Gasteiger partial charge < -0.3 is 10.1 Å². The van der Waals surface area contributed by atoms with Gasteiger partial charge in [0.15, 0.2) is 6.73 Å². The fourth-order valence-corrected chi connectivity index (χ4v) is 2.84. The van der Waals surface area contributed by atoms with Crippen LogP contribution < -0.4 is 10.1 Å². The number of ether oxygens (including phenoxy) is 1. The maximum atomic E-state index is 12.2. The van der Waals surface area contributed by atoms with Crippen LogP contribution in [-0.2, 0) is 13.3 Å². The van der Waals surface area contributed by atoms with Crippen LogP contribution in [0.5, 0.6) is 5.75 Å². The molecule has 0 bridgehead atoms. The molecule has 0 saturated heterocycles. The number of halogens is 2. The van der Waals surface area contributed by atoms with Crippen LogP contribution in [-0.4, -0.2) is 32.0 Å². The zero-order valence-corrected chi connectivity index (χ0v) is 17.1. The highest BCUT2D eigenvalue weighted by atomic mass is 79.9. The predicted molar refractivity (Wildman–Crippen MR) is 106 cm³/mol. The number of rotatable bonds is 8. The van der Waals surface area contributed by atoms with E-state index in [4.69, 9.17) is 16.3 Å². The molecule has 0 unspecified atom stereocenters. The lowest BCUT2D eigenvalue weighted by atomic mass is 10.2. The molecule has 3 rings (SSSR count). The summed E-state index contributed by atoms with van der Waals surface area (Å²) in [6.07, 6.45) is 6.11. The molecule has 142 valence electrons. The highest BCUT2D eigenvalue weighted by molar-refractivity contribution is 9.10. The minimum Gasteiger partial charge on any atom is -0.471 e. The molecule has 7 nitrogen and oxygen atoms in total. The first-order valence-electron chi connectivity index (χ1n) is 8.40. The molecule has 0 fully saturated rings. The highest BCUT2D eigenvalue weighted by Crippen LogP contribution is 2.21. The minimum atomic E-state index is -0.210. The van der Waals surface area contributed by atoms with Crippen molar-refractivity contribution in [1.82, 2.24) is 24.9 Å². The molecule has 1 N–H and O–H groups in total. The van der Waals surface area contributed by atoms with Gasteiger partial charge in [0.2, 0.25) is 0 Å². The summed E-state index contributed by atoms with van der Waals surface area (Å²) in [5, 5.41) is 12.0. The Balaban J connectivity index is 1.43. The minimum absolute atomic E-state index is 0.210. The van der Waals surface area contributed by atoms with Crippen molar-refractivity contribution >= 4 is 33.4 Å². The van der Waals surface area contributed by atoms with Crippen molar-refractivity contribution in [3.8, 4) is 5.75 Å². The second kappa shape index (κ2) is 9.05. The number of aryl methyl sites for hydroxylation is 2. The van der Waals surface area contributed by atoms with E-state index in [-0.39, 0.29) is 12.6 Å². The maximum Gasteiger partial charge on any atom is 0.271 e. The number of carbonyl (C=O) groups excluding carboxylic acids is 1. The van der Waals surface area contributed by atoms with Crippen molar-refractivity contribution in [3.63, 3.8) is 0 Å². The number of benzene rings is 1. The Morgan fingerprint density at radius 2 is 2.19 bits per heavy atom. The molecule has 0 aliphatic carbocycles. The van der Waals surface area contributed by atoms with Gasteiger partial charge in [-0.15, -0.1) is 0 Å². The Hall–Kier alpha value is -2.32. The summed E-state index contributed by atoms with van der Waals surface area (Å²) in [7, 11) is 0. The van der Waals surface area contributed by atoms with E-state index in [0.29, 0.717) is 23.0 Å². The molecule has 2 heterocycles. The number of nitrogens with one attached hydrogen (secondary N) is 1. The largest absolute Gasteiger partial charge is 0.471 e. The summed E-state index contributed by atoms with van der Waals surface area (Å²) >= 11 is 9.35. The number of nitrogens with zero attached hydrogens (tertiary/aromatic N) is 4. The molecule has 0 aliphatic heterocycles. The van der Waals surface area contributed by atoms with Crippen LogP contribution >= 0.6 is 27.5 Å². The van der Waals surface area contributed by atoms with Gasteiger partial charge in [0.25, 0.3) is 5.91 Å². The molecular weight excluding hydrogens is 434 g/mol. The Kier molecular flexibility index (Phi) is 6.52. The van der Waals surface area contributed by atoms with E-state index in [2.05, 4.69) is 31.4 Å². The first-order valence-corrected chi connectivity index (χ1v) is 9.57. The van der Waals surface area contributed by atoms with Gasteiger partial charge in [-0.3, -0.25) is 9.48 Å². The lowest BCUT2D eigenvalue weighted by Gasteiger charge is -2.07. The fraction of sp³-hybridized carbons (Fsp3) is 0.278. The Labute approximate surface area is 170 Å². The van der Waals surface area contributed by atoms with E-state index in [1.165, 1.54) is 0 Å². The molecule has 27 heavy (non-hydrogen) atoms. The molecule has 1 amide bonds. The fourth-order valence-electron chi connectivity index (χ4n) is 2.40. The first kappa shape index (κ1) is 19.4. The van der Waals surface area contributed by atoms with Gasteiger partial charge in [-0.05, 0) is 59.1 Å². The van der Waals surface area contributed by atoms with Crippen LogP contribution in [0.4, 0.5) is 0 Å². The molecule has 1 aromatic carbocycles. The third-order valence-electron chi connectivity index (χ3n) is 3.82. The third kappa shape index (κ3) is 5.58. The number of amides is 1. The number of aromatic nitrogens is 4. The summed E-state index contributed by atoms with van der Waals surface area (Å²) in [5.74, 6) is 0.487. The van der Waals surface area contributed by atoms with E-state index in [1.54, 1.807) is 35.3 Å². The van der Waals surface area contributed by atoms with Gasteiger partial charge in [-0.1, -0.05) is 11.6 Å². The van der Waals surface area contributed by atoms with Crippen molar-refractivity contribution in [3.05, 3.63) is 63.6 Å². The standard InChI is InChI=1S/C18H19BrClN5O2/c1-13-9-15(3-4-16(13)20)27-12-25-8-5-17(23-25)18(26)21-6-2-7-24-11-14(19)10-22-24/h3-5,8-11H,2,6-7,12H2,1H3,(H,21,26). The van der Waals surface area contributed by atoms with E-state index in [9.17, 15) is 4.79 Å². The van der Waals surface area contributed by atoms with E-state index in [0.717, 1.165) is 23.0 Å². The van der Waals surface area contributed by atoms with E-state index < -0.39 is 0 Å². The average molecular weight is 453 g/mol. The normalized spacial score (nSPS) is 10.8. The van der Waals surface area contributed by atoms with E-state index in [1.807, 2.05) is 23.9 Å². The molecular formula is C18H19BrClN5O2. The van der Waals surface area contributed by atoms with Crippen LogP contribution in [0.2, 0.25) is 5.02 Å². The molecule has 0 radical (unpaired) electrons. The van der Waals surface area contributed by atoms with Crippen LogP contribution in [0.3, 0.4) is 0 Å². The lowest BCUT2D eigenvalue weighted by Crippen LogP contribution is -2.26. The van der Waals surface area contributed by atoms with Crippen LogP contribution in [0.1, 0.15) is 22.5 Å². The Morgan fingerprint density at radius 3 is 2.93 bits per heavy atom. The summed E-state index contributed by atoms with van der Waals surface area (Å²) in [4.78, 5) is 12.2. The zero-order chi connectivity index (χ0) is 19.2. The lowest BCUT2D eigenvalue weighted by molar-refractivity contribution is 0.0945. The van der Waals surface area contributed by atoms with Gasteiger partial charge in [0, 0.05) is 30.5 Å². The quantitative estimate of drug-likeness (QED) is 0.529. The first-order chi connectivity index (χ1) is 13.0. The van der Waals surface area contributed by atoms with Crippen molar-refractivity contribution in [2.24, 2.45) is 0 Å². The molecule has 2 aromatic heterocycles. The van der Waals surface area contributed by atoms with E-state index >= 15 is 0 Å². The molecule has 9 heteroatoms. The maximum absolute atomic E-state index is 12.2. The highest BCUT2D eigenvalue weighted by Gasteiger charge is 2.09. The smallest absolute Gasteiger partial charge is 0.271 e. The SMILES string of the molecule is Cc1cc(OCn2ccc(C(=O)NCCCn3cc(Br)cn3)n2)ccc1Cl. The van der Waals surface area contributed by atoms with Crippen molar-refractivity contribution < 1.29 is 9.53 Å². The molecule has 0 spiro atoms. The number of hydrogen-bond donors (Lipinski definition) is 1. The third-order valence-corrected chi connectivity index (χ3v) is 4.65. The number of hydrogen-bond acceptors (Lipinski definition) is 4. The monoisotopic (exact) mass is 451 g/mol. The van der Waals surface area contributed by atoms with Crippen LogP contribution in [0.15, 0.2) is 47.3 Å². The number of carbonyl (C=O) groups is 1. The average Bonchev–Trinajstić information content (AvgIpc) is 3.28. The molecule has 0 atom stereocenters.